The van der Waals surface area contributed by atoms with Crippen molar-refractivity contribution >= 4 is 11.6 Å². The van der Waals surface area contributed by atoms with Crippen molar-refractivity contribution in [2.75, 3.05) is 6.61 Å². The van der Waals surface area contributed by atoms with Gasteiger partial charge in [-0.05, 0) is 79.6 Å². The van der Waals surface area contributed by atoms with Crippen molar-refractivity contribution in [2.45, 2.75) is 149 Å². The Kier molecular flexibility index (Phi) is 46.6. The molecular formula is C39H75ClO. The summed E-state index contributed by atoms with van der Waals surface area (Å²) in [6.07, 6.45) is 21.4. The van der Waals surface area contributed by atoms with Crippen molar-refractivity contribution in [3.63, 3.8) is 0 Å². The van der Waals surface area contributed by atoms with Crippen molar-refractivity contribution in [2.24, 2.45) is 23.7 Å². The van der Waals surface area contributed by atoms with Crippen LogP contribution in [0.2, 0.25) is 0 Å². The van der Waals surface area contributed by atoms with E-state index in [-0.39, 0.29) is 0 Å². The van der Waals surface area contributed by atoms with Gasteiger partial charge in [0.05, 0.1) is 0 Å². The van der Waals surface area contributed by atoms with Gasteiger partial charge in [0.2, 0.25) is 0 Å². The van der Waals surface area contributed by atoms with Crippen LogP contribution in [0.25, 0.3) is 0 Å². The highest BCUT2D eigenvalue weighted by Gasteiger charge is 2.24. The van der Waals surface area contributed by atoms with E-state index in [1.54, 1.807) is 5.54 Å². The molecule has 1 N–H and O–H groups in total. The van der Waals surface area contributed by atoms with E-state index in [9.17, 15) is 0 Å². The maximum absolute atomic E-state index is 8.07. The molecule has 0 aromatic heterocycles. The van der Waals surface area contributed by atoms with E-state index in [0.29, 0.717) is 24.4 Å². The van der Waals surface area contributed by atoms with E-state index in [4.69, 9.17) is 16.7 Å². The van der Waals surface area contributed by atoms with E-state index in [2.05, 4.69) is 119 Å². The van der Waals surface area contributed by atoms with Crippen LogP contribution >= 0.6 is 11.6 Å². The van der Waals surface area contributed by atoms with E-state index in [0.717, 1.165) is 30.8 Å². The maximum Gasteiger partial charge on any atom is 0.0430 e. The van der Waals surface area contributed by atoms with E-state index >= 15 is 0 Å². The number of unbranched alkanes of at least 4 members (excludes halogenated alkanes) is 1. The predicted molar refractivity (Wildman–Crippen MR) is 196 cm³/mol. The molecule has 0 spiro atoms. The van der Waals surface area contributed by atoms with Gasteiger partial charge in [0.25, 0.3) is 0 Å². The summed E-state index contributed by atoms with van der Waals surface area (Å²) in [6.45, 7) is 36.3. The molecule has 1 unspecified atom stereocenters. The van der Waals surface area contributed by atoms with Crippen LogP contribution in [0, 0.1) is 23.7 Å². The van der Waals surface area contributed by atoms with Crippen molar-refractivity contribution in [3.8, 4) is 0 Å². The Balaban J connectivity index is -0.000000223. The predicted octanol–water partition coefficient (Wildman–Crippen LogP) is 14.1. The first-order valence-corrected chi connectivity index (χ1v) is 17.2. The van der Waals surface area contributed by atoms with Crippen LogP contribution < -0.4 is 0 Å². The molecule has 0 heterocycles. The number of hydrogen-bond acceptors (Lipinski definition) is 1. The third-order valence-electron chi connectivity index (χ3n) is 5.33. The topological polar surface area (TPSA) is 20.2 Å². The highest BCUT2D eigenvalue weighted by molar-refractivity contribution is 6.25. The molecule has 0 fully saturated rings. The van der Waals surface area contributed by atoms with E-state index in [1.807, 2.05) is 27.7 Å². The Morgan fingerprint density at radius 3 is 1.85 bits per heavy atom. The number of halogens is 1. The van der Waals surface area contributed by atoms with Crippen molar-refractivity contribution < 1.29 is 5.11 Å². The van der Waals surface area contributed by atoms with Gasteiger partial charge in [-0.1, -0.05) is 164 Å². The smallest absolute Gasteiger partial charge is 0.0430 e. The molecule has 0 radical (unpaired) electrons. The van der Waals surface area contributed by atoms with Gasteiger partial charge in [-0.2, -0.15) is 0 Å². The fourth-order valence-corrected chi connectivity index (χ4v) is 3.74. The molecule has 1 nitrogen and oxygen atoms in total. The second kappa shape index (κ2) is 38.7. The Hall–Kier alpha value is -1.31. The summed E-state index contributed by atoms with van der Waals surface area (Å²) in [4.78, 5) is 0. The lowest BCUT2D eigenvalue weighted by Crippen LogP contribution is -2.08. The summed E-state index contributed by atoms with van der Waals surface area (Å²) < 4.78 is 0. The second-order valence-corrected chi connectivity index (χ2v) is 11.3. The number of allylic oxidation sites excluding steroid dienone is 10. The molecule has 0 aromatic carbocycles. The van der Waals surface area contributed by atoms with Crippen molar-refractivity contribution in [1.29, 1.82) is 0 Å². The van der Waals surface area contributed by atoms with Gasteiger partial charge < -0.3 is 5.11 Å². The van der Waals surface area contributed by atoms with Gasteiger partial charge in [-0.3, -0.25) is 0 Å². The van der Waals surface area contributed by atoms with Crippen LogP contribution in [0.4, 0.5) is 0 Å². The number of aliphatic hydroxyl groups is 1. The first kappa shape index (κ1) is 49.4. The molecule has 1 rings (SSSR count). The minimum Gasteiger partial charge on any atom is -0.396 e. The maximum atomic E-state index is 8.07. The fraction of sp³-hybridized carbons (Fsp3) is 0.692. The average molecular weight is 595 g/mol. The largest absolute Gasteiger partial charge is 0.396 e. The Morgan fingerprint density at radius 2 is 1.51 bits per heavy atom. The zero-order chi connectivity index (χ0) is 33.2. The van der Waals surface area contributed by atoms with Gasteiger partial charge >= 0.3 is 0 Å². The molecule has 244 valence electrons. The lowest BCUT2D eigenvalue weighted by molar-refractivity contribution is 0.287. The average Bonchev–Trinajstić information content (AvgIpc) is 3.09. The normalized spacial score (nSPS) is 17.1. The van der Waals surface area contributed by atoms with Gasteiger partial charge in [0.15, 0.2) is 0 Å². The summed E-state index contributed by atoms with van der Waals surface area (Å²) in [5.41, 5.74) is 6.94. The van der Waals surface area contributed by atoms with Crippen LogP contribution in [-0.4, -0.2) is 11.7 Å². The molecule has 1 aliphatic carbocycles. The third-order valence-corrected chi connectivity index (χ3v) is 5.68. The number of hydrogen-bond donors (Lipinski definition) is 1. The summed E-state index contributed by atoms with van der Waals surface area (Å²) in [5.74, 6) is 2.49. The zero-order valence-corrected chi connectivity index (χ0v) is 31.3. The first-order valence-electron chi connectivity index (χ1n) is 16.8. The van der Waals surface area contributed by atoms with E-state index in [1.165, 1.54) is 42.4 Å². The molecule has 0 saturated carbocycles. The summed E-state index contributed by atoms with van der Waals surface area (Å²) in [5, 5.41) is 8.07. The van der Waals surface area contributed by atoms with Crippen LogP contribution in [0.5, 0.6) is 0 Å². The lowest BCUT2D eigenvalue weighted by Gasteiger charge is -2.22. The monoisotopic (exact) mass is 595 g/mol. The molecule has 1 aliphatic rings. The molecule has 0 amide bonds. The van der Waals surface area contributed by atoms with Crippen LogP contribution in [0.15, 0.2) is 70.9 Å². The van der Waals surface area contributed by atoms with E-state index < -0.39 is 0 Å². The summed E-state index contributed by atoms with van der Waals surface area (Å²) >= 11 is 5.93. The SMILES string of the molecule is C=CC1=C(/C=C\CC(C)C)C(C(/C=C\C)=C/C(C)=C/Cl)CCC[C@@H]1C.CC.CC.CC(C)C.CCC.CCCCO. The molecule has 0 bridgehead atoms. The van der Waals surface area contributed by atoms with Gasteiger partial charge in [0, 0.05) is 18.1 Å². The lowest BCUT2D eigenvalue weighted by atomic mass is 9.83. The molecule has 0 saturated heterocycles. The molecule has 2 heteroatoms. The zero-order valence-electron chi connectivity index (χ0n) is 30.5. The van der Waals surface area contributed by atoms with Crippen LogP contribution in [-0.2, 0) is 0 Å². The standard InChI is InChI=1S/C24H35Cl.C4H10O.C4H10.C3H8.2C2H6/c1-7-11-21(16-19(5)17-25)23-14-10-13-20(6)22(8-2)24(23)15-9-12-18(3)4;1-2-3-4-5;1-4(2)3;1-3-2;2*1-2/h7-9,11,15-18,20,23H,2,10,12-14H2,1,3-6H3;5H,2-4H2,1H3;4H,1-3H3;3H2,1-2H3;2*1-2H3/b11-7-,15-9-,19-17+,21-16+;;;;;/t20-,23?;;;;;/m0...../s1. The molecule has 41 heavy (non-hydrogen) atoms. The Labute approximate surface area is 266 Å². The van der Waals surface area contributed by atoms with Gasteiger partial charge in [-0.25, -0.2) is 0 Å². The number of rotatable bonds is 9. The summed E-state index contributed by atoms with van der Waals surface area (Å²) in [6, 6.07) is 0. The summed E-state index contributed by atoms with van der Waals surface area (Å²) in [7, 11) is 0. The minimum absolute atomic E-state index is 0.344. The minimum atomic E-state index is 0.344. The molecule has 2 atom stereocenters. The first-order chi connectivity index (χ1) is 19.5. The molecular weight excluding hydrogens is 520 g/mol. The van der Waals surface area contributed by atoms with Crippen molar-refractivity contribution in [3.05, 3.63) is 70.9 Å². The number of aliphatic hydroxyl groups excluding tert-OH is 1. The second-order valence-electron chi connectivity index (χ2n) is 11.0. The molecule has 0 aliphatic heterocycles. The highest BCUT2D eigenvalue weighted by Crippen LogP contribution is 2.38. The quantitative estimate of drug-likeness (QED) is 0.263. The van der Waals surface area contributed by atoms with Crippen LogP contribution in [0.1, 0.15) is 149 Å². The van der Waals surface area contributed by atoms with Crippen molar-refractivity contribution in [1.82, 2.24) is 0 Å². The van der Waals surface area contributed by atoms with Gasteiger partial charge in [-0.15, -0.1) is 0 Å². The molecule has 0 aromatic rings. The van der Waals surface area contributed by atoms with Gasteiger partial charge in [0.1, 0.15) is 0 Å². The fourth-order valence-electron chi connectivity index (χ4n) is 3.68. The third kappa shape index (κ3) is 33.1. The Morgan fingerprint density at radius 1 is 1.00 bits per heavy atom. The van der Waals surface area contributed by atoms with Crippen LogP contribution in [0.3, 0.4) is 0 Å². The Bertz CT molecular complexity index is 684. The highest BCUT2D eigenvalue weighted by atomic mass is 35.5.